The van der Waals surface area contributed by atoms with Crippen LogP contribution in [0.25, 0.3) is 11.2 Å². The van der Waals surface area contributed by atoms with Gasteiger partial charge in [0.05, 0.1) is 12.7 Å². The fourth-order valence-electron chi connectivity index (χ4n) is 2.50. The number of fused-ring (bicyclic) bond motifs is 1. The molecule has 2 aromatic heterocycles. The molecule has 0 unspecified atom stereocenters. The van der Waals surface area contributed by atoms with Crippen LogP contribution in [0.4, 0.5) is 10.3 Å². The summed E-state index contributed by atoms with van der Waals surface area (Å²) in [6, 6.07) is 16.3. The van der Waals surface area contributed by atoms with Gasteiger partial charge in [0.2, 0.25) is 5.95 Å². The van der Waals surface area contributed by atoms with Crippen molar-refractivity contribution in [3.8, 4) is 0 Å². The Kier molecular flexibility index (Phi) is 4.04. The number of nitrogens with zero attached hydrogens (tertiary/aromatic N) is 5. The summed E-state index contributed by atoms with van der Waals surface area (Å²) in [5.41, 5.74) is 3.37. The minimum absolute atomic E-state index is 0.252. The SMILES string of the molecule is Fc1ccc(CNc2ncc3nnn(Cc4ccccc4)c3n2)cc1. The van der Waals surface area contributed by atoms with Crippen LogP contribution in [-0.2, 0) is 13.1 Å². The molecule has 0 fully saturated rings. The van der Waals surface area contributed by atoms with E-state index >= 15 is 0 Å². The largest absolute Gasteiger partial charge is 0.350 e. The Morgan fingerprint density at radius 3 is 2.56 bits per heavy atom. The van der Waals surface area contributed by atoms with Crippen molar-refractivity contribution < 1.29 is 4.39 Å². The Labute approximate surface area is 143 Å². The number of anilines is 1. The average molecular weight is 334 g/mol. The molecule has 6 nitrogen and oxygen atoms in total. The fraction of sp³-hybridized carbons (Fsp3) is 0.111. The highest BCUT2D eigenvalue weighted by molar-refractivity contribution is 5.69. The van der Waals surface area contributed by atoms with Gasteiger partial charge in [-0.15, -0.1) is 5.10 Å². The van der Waals surface area contributed by atoms with Gasteiger partial charge in [-0.25, -0.2) is 14.1 Å². The molecule has 0 aliphatic carbocycles. The molecule has 124 valence electrons. The van der Waals surface area contributed by atoms with Crippen molar-refractivity contribution in [3.05, 3.63) is 77.7 Å². The average Bonchev–Trinajstić information content (AvgIpc) is 3.04. The number of aromatic nitrogens is 5. The van der Waals surface area contributed by atoms with Crippen LogP contribution in [0.15, 0.2) is 60.8 Å². The molecule has 0 atom stereocenters. The van der Waals surface area contributed by atoms with Crippen molar-refractivity contribution in [1.29, 1.82) is 0 Å². The maximum atomic E-state index is 13.0. The van der Waals surface area contributed by atoms with Gasteiger partial charge < -0.3 is 5.32 Å². The number of nitrogens with one attached hydrogen (secondary N) is 1. The van der Waals surface area contributed by atoms with E-state index in [1.807, 2.05) is 30.3 Å². The van der Waals surface area contributed by atoms with Gasteiger partial charge in [-0.1, -0.05) is 47.7 Å². The second-order valence-corrected chi connectivity index (χ2v) is 5.62. The van der Waals surface area contributed by atoms with Gasteiger partial charge in [0.15, 0.2) is 11.2 Å². The molecule has 25 heavy (non-hydrogen) atoms. The van der Waals surface area contributed by atoms with Gasteiger partial charge >= 0.3 is 0 Å². The Hall–Kier alpha value is -3.35. The number of halogens is 1. The predicted octanol–water partition coefficient (Wildman–Crippen LogP) is 3.02. The number of benzene rings is 2. The lowest BCUT2D eigenvalue weighted by Crippen LogP contribution is -2.06. The van der Waals surface area contributed by atoms with Crippen molar-refractivity contribution >= 4 is 17.1 Å². The van der Waals surface area contributed by atoms with Crippen LogP contribution in [-0.4, -0.2) is 25.0 Å². The van der Waals surface area contributed by atoms with E-state index < -0.39 is 0 Å². The standard InChI is InChI=1S/C18H15FN6/c19-15-8-6-13(7-9-15)10-20-18-21-11-16-17(22-18)25(24-23-16)12-14-4-2-1-3-5-14/h1-9,11H,10,12H2,(H,20,21,22). The summed E-state index contributed by atoms with van der Waals surface area (Å²) < 4.78 is 14.7. The van der Waals surface area contributed by atoms with E-state index in [4.69, 9.17) is 0 Å². The molecule has 4 aromatic rings. The number of rotatable bonds is 5. The molecule has 4 rings (SSSR count). The van der Waals surface area contributed by atoms with Gasteiger partial charge in [0.25, 0.3) is 0 Å². The van der Waals surface area contributed by atoms with Crippen molar-refractivity contribution in [2.45, 2.75) is 13.1 Å². The van der Waals surface area contributed by atoms with Crippen molar-refractivity contribution in [1.82, 2.24) is 25.0 Å². The lowest BCUT2D eigenvalue weighted by atomic mass is 10.2. The molecule has 0 aliphatic rings. The minimum Gasteiger partial charge on any atom is -0.350 e. The zero-order valence-corrected chi connectivity index (χ0v) is 13.3. The van der Waals surface area contributed by atoms with Crippen LogP contribution in [0.1, 0.15) is 11.1 Å². The zero-order valence-electron chi connectivity index (χ0n) is 13.3. The van der Waals surface area contributed by atoms with Gasteiger partial charge in [0, 0.05) is 6.54 Å². The van der Waals surface area contributed by atoms with Crippen molar-refractivity contribution in [2.24, 2.45) is 0 Å². The third kappa shape index (κ3) is 3.45. The Morgan fingerprint density at radius 2 is 1.76 bits per heavy atom. The number of hydrogen-bond donors (Lipinski definition) is 1. The topological polar surface area (TPSA) is 68.5 Å². The van der Waals surface area contributed by atoms with Crippen LogP contribution >= 0.6 is 0 Å². The highest BCUT2D eigenvalue weighted by atomic mass is 19.1. The van der Waals surface area contributed by atoms with Gasteiger partial charge in [0.1, 0.15) is 5.82 Å². The van der Waals surface area contributed by atoms with Crippen molar-refractivity contribution in [2.75, 3.05) is 5.32 Å². The van der Waals surface area contributed by atoms with Gasteiger partial charge in [-0.3, -0.25) is 0 Å². The molecule has 0 aliphatic heterocycles. The molecule has 0 radical (unpaired) electrons. The maximum absolute atomic E-state index is 13.0. The second kappa shape index (κ2) is 6.64. The summed E-state index contributed by atoms with van der Waals surface area (Å²) in [6.07, 6.45) is 1.64. The predicted molar refractivity (Wildman–Crippen MR) is 92.4 cm³/mol. The molecular weight excluding hydrogens is 319 g/mol. The quantitative estimate of drug-likeness (QED) is 0.607. The summed E-state index contributed by atoms with van der Waals surface area (Å²) in [7, 11) is 0. The monoisotopic (exact) mass is 334 g/mol. The first-order valence-corrected chi connectivity index (χ1v) is 7.86. The lowest BCUT2D eigenvalue weighted by Gasteiger charge is -2.06. The van der Waals surface area contributed by atoms with E-state index in [-0.39, 0.29) is 5.82 Å². The van der Waals surface area contributed by atoms with Crippen LogP contribution in [0, 0.1) is 5.82 Å². The minimum atomic E-state index is -0.252. The first-order chi connectivity index (χ1) is 12.3. The van der Waals surface area contributed by atoms with E-state index in [0.29, 0.717) is 30.2 Å². The summed E-state index contributed by atoms with van der Waals surface area (Å²) in [5, 5.41) is 11.4. The fourth-order valence-corrected chi connectivity index (χ4v) is 2.50. The summed E-state index contributed by atoms with van der Waals surface area (Å²) in [5.74, 6) is 0.228. The lowest BCUT2D eigenvalue weighted by molar-refractivity contribution is 0.627. The summed E-state index contributed by atoms with van der Waals surface area (Å²) in [6.45, 7) is 1.10. The Bertz CT molecular complexity index is 982. The van der Waals surface area contributed by atoms with Crippen LogP contribution in [0.2, 0.25) is 0 Å². The van der Waals surface area contributed by atoms with Crippen LogP contribution in [0.5, 0.6) is 0 Å². The molecule has 7 heteroatoms. The highest BCUT2D eigenvalue weighted by Gasteiger charge is 2.09. The molecule has 2 aromatic carbocycles. The molecule has 0 saturated carbocycles. The highest BCUT2D eigenvalue weighted by Crippen LogP contribution is 2.13. The first kappa shape index (κ1) is 15.2. The third-order valence-electron chi connectivity index (χ3n) is 3.79. The summed E-state index contributed by atoms with van der Waals surface area (Å²) in [4.78, 5) is 8.75. The van der Waals surface area contributed by atoms with E-state index in [2.05, 4.69) is 25.6 Å². The molecule has 0 bridgehead atoms. The van der Waals surface area contributed by atoms with E-state index in [0.717, 1.165) is 11.1 Å². The van der Waals surface area contributed by atoms with Crippen molar-refractivity contribution in [3.63, 3.8) is 0 Å². The maximum Gasteiger partial charge on any atom is 0.225 e. The van der Waals surface area contributed by atoms with E-state index in [1.165, 1.54) is 12.1 Å². The third-order valence-corrected chi connectivity index (χ3v) is 3.79. The Morgan fingerprint density at radius 1 is 0.960 bits per heavy atom. The normalized spacial score (nSPS) is 10.9. The smallest absolute Gasteiger partial charge is 0.225 e. The van der Waals surface area contributed by atoms with E-state index in [1.54, 1.807) is 23.0 Å². The molecule has 2 heterocycles. The van der Waals surface area contributed by atoms with Gasteiger partial charge in [-0.05, 0) is 23.3 Å². The summed E-state index contributed by atoms with van der Waals surface area (Å²) >= 11 is 0. The molecule has 0 amide bonds. The Balaban J connectivity index is 1.54. The second-order valence-electron chi connectivity index (χ2n) is 5.62. The van der Waals surface area contributed by atoms with Crippen LogP contribution < -0.4 is 5.32 Å². The molecular formula is C18H15FN6. The molecule has 0 spiro atoms. The number of hydrogen-bond acceptors (Lipinski definition) is 5. The van der Waals surface area contributed by atoms with E-state index in [9.17, 15) is 4.39 Å². The zero-order chi connectivity index (χ0) is 17.1. The first-order valence-electron chi connectivity index (χ1n) is 7.86. The van der Waals surface area contributed by atoms with Gasteiger partial charge in [-0.2, -0.15) is 4.98 Å². The van der Waals surface area contributed by atoms with Crippen LogP contribution in [0.3, 0.4) is 0 Å². The molecule has 0 saturated heterocycles. The molecule has 1 N–H and O–H groups in total.